The average Bonchev–Trinajstić information content (AvgIpc) is 3.75. The van der Waals surface area contributed by atoms with Gasteiger partial charge in [0, 0.05) is 66.9 Å². The molecule has 0 aliphatic heterocycles. The Balaban J connectivity index is 0.000000551. The molecule has 0 bridgehead atoms. The zero-order chi connectivity index (χ0) is 39.8. The lowest BCUT2D eigenvalue weighted by molar-refractivity contribution is -0.145. The molecule has 57 heavy (non-hydrogen) atoms. The van der Waals surface area contributed by atoms with Crippen LogP contribution in [0.15, 0.2) is 60.9 Å². The molecule has 0 spiro atoms. The van der Waals surface area contributed by atoms with Crippen molar-refractivity contribution in [2.45, 2.75) is 156 Å². The van der Waals surface area contributed by atoms with Crippen molar-refractivity contribution in [3.63, 3.8) is 0 Å². The molecule has 10 heteroatoms. The predicted octanol–water partition coefficient (Wildman–Crippen LogP) is 10.3. The molecule has 0 saturated carbocycles. The van der Waals surface area contributed by atoms with E-state index in [4.69, 9.17) is 9.47 Å². The number of amides is 2. The Morgan fingerprint density at radius 3 is 1.56 bits per heavy atom. The van der Waals surface area contributed by atoms with Gasteiger partial charge in [0.15, 0.2) is 0 Å². The number of rotatable bonds is 24. The van der Waals surface area contributed by atoms with Crippen LogP contribution in [0, 0.1) is 0 Å². The fourth-order valence-electron chi connectivity index (χ4n) is 7.02. The minimum Gasteiger partial charge on any atom is -0.467 e. The quantitative estimate of drug-likeness (QED) is 0.0478. The molecule has 2 unspecified atom stereocenters. The molecule has 2 heterocycles. The van der Waals surface area contributed by atoms with Crippen LogP contribution in [-0.2, 0) is 48.5 Å². The van der Waals surface area contributed by atoms with Crippen molar-refractivity contribution in [1.82, 2.24) is 20.2 Å². The van der Waals surface area contributed by atoms with Crippen LogP contribution in [0.3, 0.4) is 0 Å². The number of para-hydroxylation sites is 2. The Bertz CT molecular complexity index is 1740. The molecule has 2 aromatic heterocycles. The largest absolute Gasteiger partial charge is 0.467 e. The summed E-state index contributed by atoms with van der Waals surface area (Å²) in [5.74, 6) is -0.975. The van der Waals surface area contributed by atoms with E-state index in [1.165, 1.54) is 78.4 Å². The number of ether oxygens (including phenoxy) is 2. The molecule has 2 amide bonds. The smallest absolute Gasteiger partial charge is 0.328 e. The molecule has 0 radical (unpaired) electrons. The van der Waals surface area contributed by atoms with E-state index < -0.39 is 24.0 Å². The minimum atomic E-state index is -0.661. The highest BCUT2D eigenvalue weighted by Crippen LogP contribution is 2.22. The number of unbranched alkanes of at least 4 members (excludes halogenated alkanes) is 12. The van der Waals surface area contributed by atoms with Gasteiger partial charge >= 0.3 is 11.9 Å². The number of aromatic nitrogens is 2. The van der Waals surface area contributed by atoms with E-state index in [0.717, 1.165) is 58.6 Å². The molecule has 10 nitrogen and oxygen atoms in total. The van der Waals surface area contributed by atoms with E-state index in [1.807, 2.05) is 72.5 Å². The highest BCUT2D eigenvalue weighted by molar-refractivity contribution is 5.88. The number of H-pyrrole nitrogens is 1. The number of esters is 2. The number of methoxy groups -OCH3 is 2. The molecule has 3 N–H and O–H groups in total. The van der Waals surface area contributed by atoms with Gasteiger partial charge in [0.1, 0.15) is 12.1 Å². The number of hydrogen-bond acceptors (Lipinski definition) is 6. The summed E-state index contributed by atoms with van der Waals surface area (Å²) in [6.07, 6.45) is 21.9. The highest BCUT2D eigenvalue weighted by atomic mass is 16.5. The number of benzene rings is 2. The molecule has 0 saturated heterocycles. The first-order chi connectivity index (χ1) is 26.7. The summed E-state index contributed by atoms with van der Waals surface area (Å²) < 4.78 is 11.9. The number of carbonyl (C=O) groups is 4. The van der Waals surface area contributed by atoms with Gasteiger partial charge in [0.05, 0.1) is 14.2 Å². The summed E-state index contributed by atoms with van der Waals surface area (Å²) in [5.41, 5.74) is 4.16. The molecular formula is C47H74N4O6. The fraction of sp³-hybridized carbons (Fsp3) is 0.574. The summed E-state index contributed by atoms with van der Waals surface area (Å²) in [6.45, 7) is 4.42. The molecule has 2 aromatic carbocycles. The molecular weight excluding hydrogens is 717 g/mol. The number of nitrogens with zero attached hydrogens (tertiary/aromatic N) is 1. The Kier molecular flexibility index (Phi) is 25.4. The Hall–Kier alpha value is -4.60. The monoisotopic (exact) mass is 791 g/mol. The molecule has 2 atom stereocenters. The predicted molar refractivity (Wildman–Crippen MR) is 235 cm³/mol. The first-order valence-corrected chi connectivity index (χ1v) is 20.5. The second-order valence-electron chi connectivity index (χ2n) is 14.6. The molecule has 0 fully saturated rings. The number of carbonyl (C=O) groups excluding carboxylic acids is 4. The lowest BCUT2D eigenvalue weighted by Crippen LogP contribution is -2.43. The van der Waals surface area contributed by atoms with Crippen LogP contribution in [0.4, 0.5) is 0 Å². The second kappa shape index (κ2) is 28.7. The molecule has 0 aliphatic carbocycles. The van der Waals surface area contributed by atoms with Crippen LogP contribution in [0.1, 0.15) is 143 Å². The van der Waals surface area contributed by atoms with Crippen molar-refractivity contribution in [3.05, 3.63) is 72.1 Å². The SMILES string of the molecule is C.C.CCCCCCCCCC(=O)NC(Cc1c[nH]c2ccccc12)C(=O)OC.CCCCCCCCCC(=O)NC(Cc1cn(C)c2ccccc12)C(=O)OC. The second-order valence-corrected chi connectivity index (χ2v) is 14.6. The molecule has 4 aromatic rings. The lowest BCUT2D eigenvalue weighted by Gasteiger charge is -2.16. The fourth-order valence-corrected chi connectivity index (χ4v) is 7.02. The number of fused-ring (bicyclic) bond motifs is 2. The van der Waals surface area contributed by atoms with E-state index in [9.17, 15) is 19.2 Å². The number of nitrogens with one attached hydrogen (secondary N) is 3. The van der Waals surface area contributed by atoms with Crippen LogP contribution >= 0.6 is 0 Å². The van der Waals surface area contributed by atoms with Crippen LogP contribution < -0.4 is 10.6 Å². The van der Waals surface area contributed by atoms with Crippen LogP contribution in [0.2, 0.25) is 0 Å². The van der Waals surface area contributed by atoms with Crippen molar-refractivity contribution < 1.29 is 28.7 Å². The van der Waals surface area contributed by atoms with Gasteiger partial charge in [-0.15, -0.1) is 0 Å². The van der Waals surface area contributed by atoms with Crippen molar-refractivity contribution in [2.24, 2.45) is 7.05 Å². The zero-order valence-corrected chi connectivity index (χ0v) is 34.1. The molecule has 318 valence electrons. The third-order valence-electron chi connectivity index (χ3n) is 10.2. The Morgan fingerprint density at radius 2 is 1.05 bits per heavy atom. The van der Waals surface area contributed by atoms with E-state index in [0.29, 0.717) is 25.7 Å². The molecule has 0 aliphatic rings. The van der Waals surface area contributed by atoms with Crippen molar-refractivity contribution in [1.29, 1.82) is 0 Å². The maximum atomic E-state index is 12.3. The average molecular weight is 791 g/mol. The maximum absolute atomic E-state index is 12.3. The summed E-state index contributed by atoms with van der Waals surface area (Å²) in [5, 5.41) is 7.89. The Morgan fingerprint density at radius 1 is 0.614 bits per heavy atom. The van der Waals surface area contributed by atoms with Crippen molar-refractivity contribution in [3.8, 4) is 0 Å². The van der Waals surface area contributed by atoms with Crippen LogP contribution in [0.5, 0.6) is 0 Å². The van der Waals surface area contributed by atoms with Crippen molar-refractivity contribution in [2.75, 3.05) is 14.2 Å². The minimum absolute atomic E-state index is 0. The van der Waals surface area contributed by atoms with E-state index in [2.05, 4.69) is 29.5 Å². The van der Waals surface area contributed by atoms with Crippen LogP contribution in [-0.4, -0.2) is 59.6 Å². The van der Waals surface area contributed by atoms with Gasteiger partial charge in [-0.05, 0) is 36.1 Å². The number of aromatic amines is 1. The lowest BCUT2D eigenvalue weighted by atomic mass is 10.0. The van der Waals surface area contributed by atoms with Crippen molar-refractivity contribution >= 4 is 45.6 Å². The number of hydrogen-bond donors (Lipinski definition) is 3. The van der Waals surface area contributed by atoms with Gasteiger partial charge < -0.3 is 29.7 Å². The first kappa shape index (κ1) is 50.4. The van der Waals surface area contributed by atoms with Gasteiger partial charge in [-0.3, -0.25) is 9.59 Å². The number of aryl methyl sites for hydroxylation is 1. The van der Waals surface area contributed by atoms with Gasteiger partial charge in [0.25, 0.3) is 0 Å². The van der Waals surface area contributed by atoms with Gasteiger partial charge in [-0.25, -0.2) is 9.59 Å². The van der Waals surface area contributed by atoms with Gasteiger partial charge in [0.2, 0.25) is 11.8 Å². The summed E-state index contributed by atoms with van der Waals surface area (Å²) in [6, 6.07) is 14.7. The summed E-state index contributed by atoms with van der Waals surface area (Å²) in [7, 11) is 4.70. The third kappa shape index (κ3) is 17.6. The zero-order valence-electron chi connectivity index (χ0n) is 34.1. The third-order valence-corrected chi connectivity index (χ3v) is 10.2. The first-order valence-electron chi connectivity index (χ1n) is 20.5. The highest BCUT2D eigenvalue weighted by Gasteiger charge is 2.24. The Labute approximate surface area is 343 Å². The summed E-state index contributed by atoms with van der Waals surface area (Å²) in [4.78, 5) is 52.2. The van der Waals surface area contributed by atoms with Crippen LogP contribution in [0.25, 0.3) is 21.8 Å². The van der Waals surface area contributed by atoms with E-state index >= 15 is 0 Å². The van der Waals surface area contributed by atoms with E-state index in [-0.39, 0.29) is 26.7 Å². The molecule has 4 rings (SSSR count). The van der Waals surface area contributed by atoms with Gasteiger partial charge in [-0.1, -0.05) is 142 Å². The van der Waals surface area contributed by atoms with Gasteiger partial charge in [-0.2, -0.15) is 0 Å². The summed E-state index contributed by atoms with van der Waals surface area (Å²) >= 11 is 0. The maximum Gasteiger partial charge on any atom is 0.328 e. The standard InChI is InChI=1S/C23H34N2O3.C22H32N2O3.2CH4/c1-4-5-6-7-8-9-10-15-22(26)24-20(23(27)28-3)16-18-17-25(2)21-14-12-11-13-19(18)21;1-3-4-5-6-7-8-9-14-21(25)24-20(22(26)27-2)15-17-16-23-19-13-11-10-12-18(17)19;;/h11-14,17,20H,4-10,15-16H2,1-3H3,(H,24,26);10-13,16,20,23H,3-9,14-15H2,1-2H3,(H,24,25);2*1H4. The normalized spacial score (nSPS) is 11.7. The van der Waals surface area contributed by atoms with E-state index in [1.54, 1.807) is 0 Å². The topological polar surface area (TPSA) is 132 Å².